The summed E-state index contributed by atoms with van der Waals surface area (Å²) in [7, 11) is 3.74. The summed E-state index contributed by atoms with van der Waals surface area (Å²) in [4.78, 5) is 21.8. The average Bonchev–Trinajstić information content (AvgIpc) is 3.05. The molecule has 3 heterocycles. The van der Waals surface area contributed by atoms with Crippen LogP contribution in [0.4, 0.5) is 11.5 Å². The molecule has 0 spiro atoms. The van der Waals surface area contributed by atoms with Gasteiger partial charge < -0.3 is 24.3 Å². The monoisotopic (exact) mass is 380 g/mol. The molecule has 146 valence electrons. The highest BCUT2D eigenvalue weighted by molar-refractivity contribution is 6.06. The normalized spacial score (nSPS) is 15.0. The summed E-state index contributed by atoms with van der Waals surface area (Å²) in [5, 5.41) is 3.74. The Balaban J connectivity index is 1.49. The van der Waals surface area contributed by atoms with E-state index in [1.54, 1.807) is 13.3 Å². The van der Waals surface area contributed by atoms with Gasteiger partial charge in [0.1, 0.15) is 17.2 Å². The standard InChI is InChI=1S/C21H24N4O3/c1-14-17-12-16(27-3)5-6-18(17)28-20(14)21(26)23-15-4-7-19(22-13-15)25-10-8-24(2)9-11-25/h4-7,12-13H,8-11H2,1-3H3,(H,23,26). The average molecular weight is 380 g/mol. The SMILES string of the molecule is COc1ccc2oc(C(=O)Nc3ccc(N4CCN(C)CC4)nc3)c(C)c2c1. The van der Waals surface area contributed by atoms with Gasteiger partial charge in [0.25, 0.3) is 5.91 Å². The van der Waals surface area contributed by atoms with Gasteiger partial charge in [-0.05, 0) is 44.3 Å². The number of furan rings is 1. The number of piperazine rings is 1. The van der Waals surface area contributed by atoms with E-state index >= 15 is 0 Å². The number of fused-ring (bicyclic) bond motifs is 1. The van der Waals surface area contributed by atoms with Crippen molar-refractivity contribution in [3.05, 3.63) is 47.9 Å². The first-order valence-electron chi connectivity index (χ1n) is 9.33. The fraction of sp³-hybridized carbons (Fsp3) is 0.333. The van der Waals surface area contributed by atoms with Crippen LogP contribution < -0.4 is 15.0 Å². The predicted octanol–water partition coefficient (Wildman–Crippen LogP) is 3.15. The number of aromatic nitrogens is 1. The van der Waals surface area contributed by atoms with E-state index in [0.29, 0.717) is 17.0 Å². The first kappa shape index (κ1) is 18.3. The van der Waals surface area contributed by atoms with Crippen molar-refractivity contribution in [1.82, 2.24) is 9.88 Å². The number of hydrogen-bond acceptors (Lipinski definition) is 6. The number of carbonyl (C=O) groups excluding carboxylic acids is 1. The second-order valence-electron chi connectivity index (χ2n) is 7.07. The van der Waals surface area contributed by atoms with Gasteiger partial charge in [0.2, 0.25) is 0 Å². The zero-order valence-electron chi connectivity index (χ0n) is 16.4. The molecule has 0 radical (unpaired) electrons. The molecule has 4 rings (SSSR count). The summed E-state index contributed by atoms with van der Waals surface area (Å²) in [6, 6.07) is 9.31. The molecular formula is C21H24N4O3. The molecule has 0 bridgehead atoms. The maximum Gasteiger partial charge on any atom is 0.291 e. The van der Waals surface area contributed by atoms with Crippen LogP contribution in [0.5, 0.6) is 5.75 Å². The summed E-state index contributed by atoms with van der Waals surface area (Å²) in [5.74, 6) is 1.67. The molecule has 0 atom stereocenters. The number of nitrogens with one attached hydrogen (secondary N) is 1. The minimum absolute atomic E-state index is 0.290. The van der Waals surface area contributed by atoms with Crippen molar-refractivity contribution in [2.45, 2.75) is 6.92 Å². The van der Waals surface area contributed by atoms with Gasteiger partial charge in [-0.3, -0.25) is 4.79 Å². The maximum atomic E-state index is 12.7. The van der Waals surface area contributed by atoms with Crippen LogP contribution in [0.15, 0.2) is 40.9 Å². The van der Waals surface area contributed by atoms with Gasteiger partial charge in [0.05, 0.1) is 19.0 Å². The number of aryl methyl sites for hydroxylation is 1. The molecule has 1 fully saturated rings. The molecule has 28 heavy (non-hydrogen) atoms. The van der Waals surface area contributed by atoms with Crippen LogP contribution in [0.1, 0.15) is 16.1 Å². The van der Waals surface area contributed by atoms with Crippen LogP contribution in [0, 0.1) is 6.92 Å². The Morgan fingerprint density at radius 3 is 2.64 bits per heavy atom. The Bertz CT molecular complexity index is 989. The number of methoxy groups -OCH3 is 1. The molecule has 0 saturated carbocycles. The van der Waals surface area contributed by atoms with Crippen LogP contribution in [-0.2, 0) is 0 Å². The zero-order chi connectivity index (χ0) is 19.7. The molecule has 1 aliphatic rings. The lowest BCUT2D eigenvalue weighted by atomic mass is 10.1. The molecule has 1 N–H and O–H groups in total. The molecule has 2 aromatic heterocycles. The van der Waals surface area contributed by atoms with Crippen molar-refractivity contribution in [2.75, 3.05) is 50.6 Å². The van der Waals surface area contributed by atoms with E-state index in [1.807, 2.05) is 37.3 Å². The van der Waals surface area contributed by atoms with Crippen LogP contribution in [0.2, 0.25) is 0 Å². The van der Waals surface area contributed by atoms with E-state index in [0.717, 1.165) is 48.7 Å². The van der Waals surface area contributed by atoms with E-state index in [-0.39, 0.29) is 5.91 Å². The topological polar surface area (TPSA) is 70.8 Å². The third-order valence-corrected chi connectivity index (χ3v) is 5.18. The molecule has 7 nitrogen and oxygen atoms in total. The number of ether oxygens (including phenoxy) is 1. The number of pyridine rings is 1. The molecule has 0 unspecified atom stereocenters. The van der Waals surface area contributed by atoms with E-state index in [9.17, 15) is 4.79 Å². The Labute approximate surface area is 163 Å². The van der Waals surface area contributed by atoms with Gasteiger partial charge in [-0.1, -0.05) is 0 Å². The number of nitrogens with zero attached hydrogens (tertiary/aromatic N) is 3. The molecule has 7 heteroatoms. The van der Waals surface area contributed by atoms with Crippen molar-refractivity contribution in [3.8, 4) is 5.75 Å². The van der Waals surface area contributed by atoms with Crippen molar-refractivity contribution in [1.29, 1.82) is 0 Å². The van der Waals surface area contributed by atoms with Crippen LogP contribution in [-0.4, -0.2) is 56.1 Å². The minimum atomic E-state index is -0.290. The van der Waals surface area contributed by atoms with E-state index in [4.69, 9.17) is 9.15 Å². The fourth-order valence-electron chi connectivity index (χ4n) is 3.41. The number of benzene rings is 1. The van der Waals surface area contributed by atoms with E-state index in [1.165, 1.54) is 0 Å². The Morgan fingerprint density at radius 2 is 1.96 bits per heavy atom. The first-order valence-corrected chi connectivity index (χ1v) is 9.33. The van der Waals surface area contributed by atoms with Crippen molar-refractivity contribution < 1.29 is 13.9 Å². The summed E-state index contributed by atoms with van der Waals surface area (Å²) in [5.41, 5.74) is 2.08. The van der Waals surface area contributed by atoms with Gasteiger partial charge in [-0.2, -0.15) is 0 Å². The Hall–Kier alpha value is -3.06. The van der Waals surface area contributed by atoms with Gasteiger partial charge >= 0.3 is 0 Å². The van der Waals surface area contributed by atoms with Crippen molar-refractivity contribution in [3.63, 3.8) is 0 Å². The number of hydrogen-bond donors (Lipinski definition) is 1. The summed E-state index contributed by atoms with van der Waals surface area (Å²) in [6.07, 6.45) is 1.69. The molecule has 1 saturated heterocycles. The molecule has 1 aliphatic heterocycles. The summed E-state index contributed by atoms with van der Waals surface area (Å²) >= 11 is 0. The van der Waals surface area contributed by atoms with Crippen LogP contribution in [0.25, 0.3) is 11.0 Å². The lowest BCUT2D eigenvalue weighted by molar-refractivity contribution is 0.0998. The molecule has 1 amide bonds. The first-order chi connectivity index (χ1) is 13.5. The van der Waals surface area contributed by atoms with Gasteiger partial charge in [0.15, 0.2) is 5.76 Å². The highest BCUT2D eigenvalue weighted by Gasteiger charge is 2.19. The number of carbonyl (C=O) groups is 1. The van der Waals surface area contributed by atoms with Gasteiger partial charge in [-0.25, -0.2) is 4.98 Å². The number of anilines is 2. The van der Waals surface area contributed by atoms with Gasteiger partial charge in [-0.15, -0.1) is 0 Å². The summed E-state index contributed by atoms with van der Waals surface area (Å²) < 4.78 is 11.0. The van der Waals surface area contributed by atoms with E-state index < -0.39 is 0 Å². The van der Waals surface area contributed by atoms with Crippen molar-refractivity contribution in [2.24, 2.45) is 0 Å². The quantitative estimate of drug-likeness (QED) is 0.750. The maximum absolute atomic E-state index is 12.7. The lowest BCUT2D eigenvalue weighted by Crippen LogP contribution is -2.44. The minimum Gasteiger partial charge on any atom is -0.497 e. The second kappa shape index (κ2) is 7.52. The third-order valence-electron chi connectivity index (χ3n) is 5.18. The largest absolute Gasteiger partial charge is 0.497 e. The van der Waals surface area contributed by atoms with E-state index in [2.05, 4.69) is 27.1 Å². The van der Waals surface area contributed by atoms with Crippen molar-refractivity contribution >= 4 is 28.4 Å². The Kier molecular flexibility index (Phi) is 4.92. The number of amides is 1. The molecule has 1 aromatic carbocycles. The summed E-state index contributed by atoms with van der Waals surface area (Å²) in [6.45, 7) is 5.83. The molecule has 3 aromatic rings. The number of likely N-dealkylation sites (N-methyl/N-ethyl adjacent to an activating group) is 1. The van der Waals surface area contributed by atoms with Gasteiger partial charge in [0, 0.05) is 37.1 Å². The van der Waals surface area contributed by atoms with Crippen LogP contribution >= 0.6 is 0 Å². The highest BCUT2D eigenvalue weighted by Crippen LogP contribution is 2.29. The molecule has 0 aliphatic carbocycles. The molecular weight excluding hydrogens is 356 g/mol. The highest BCUT2D eigenvalue weighted by atomic mass is 16.5. The Morgan fingerprint density at radius 1 is 1.18 bits per heavy atom. The third kappa shape index (κ3) is 3.53. The second-order valence-corrected chi connectivity index (χ2v) is 7.07. The zero-order valence-corrected chi connectivity index (χ0v) is 16.4. The van der Waals surface area contributed by atoms with Crippen LogP contribution in [0.3, 0.4) is 0 Å². The smallest absolute Gasteiger partial charge is 0.291 e. The lowest BCUT2D eigenvalue weighted by Gasteiger charge is -2.33. The predicted molar refractivity (Wildman–Crippen MR) is 109 cm³/mol. The number of rotatable bonds is 4. The fourth-order valence-corrected chi connectivity index (χ4v) is 3.41.